The lowest BCUT2D eigenvalue weighted by atomic mass is 10.1. The Hall–Kier alpha value is -0.320. The van der Waals surface area contributed by atoms with Crippen molar-refractivity contribution in [3.8, 4) is 0 Å². The molecule has 0 saturated carbocycles. The Morgan fingerprint density at radius 3 is 2.61 bits per heavy atom. The predicted octanol–water partition coefficient (Wildman–Crippen LogP) is 1.26. The molecule has 4 nitrogen and oxygen atoms in total. The van der Waals surface area contributed by atoms with Crippen LogP contribution in [0.1, 0.15) is 33.1 Å². The van der Waals surface area contributed by atoms with E-state index in [2.05, 4.69) is 29.4 Å². The zero-order chi connectivity index (χ0) is 12.5. The molecule has 1 heterocycles. The van der Waals surface area contributed by atoms with Gasteiger partial charge in [-0.1, -0.05) is 13.8 Å². The van der Waals surface area contributed by atoms with Crippen molar-refractivity contribution in [3.63, 3.8) is 0 Å². The molecule has 0 radical (unpaired) electrons. The molecule has 2 N–H and O–H groups in total. The molecule has 1 rings (SSSR count). The van der Waals surface area contributed by atoms with Crippen molar-refractivity contribution < 1.29 is 4.79 Å². The summed E-state index contributed by atoms with van der Waals surface area (Å²) in [5.41, 5.74) is 0. The Labute approximate surface area is 117 Å². The van der Waals surface area contributed by atoms with Gasteiger partial charge in [0.25, 0.3) is 0 Å². The highest BCUT2D eigenvalue weighted by molar-refractivity contribution is 5.85. The van der Waals surface area contributed by atoms with E-state index < -0.39 is 0 Å². The SMILES string of the molecule is CC(C)CCC(=O)NCCCN1CCNCC1.Cl. The van der Waals surface area contributed by atoms with Crippen molar-refractivity contribution in [3.05, 3.63) is 0 Å². The third-order valence-electron chi connectivity index (χ3n) is 3.13. The van der Waals surface area contributed by atoms with Gasteiger partial charge >= 0.3 is 0 Å². The topological polar surface area (TPSA) is 44.4 Å². The molecular formula is C13H28ClN3O. The molecule has 0 aliphatic carbocycles. The fourth-order valence-corrected chi connectivity index (χ4v) is 1.97. The Kier molecular flexibility index (Phi) is 10.4. The molecule has 1 aliphatic heterocycles. The number of rotatable bonds is 7. The minimum atomic E-state index is 0. The van der Waals surface area contributed by atoms with Gasteiger partial charge in [-0.25, -0.2) is 0 Å². The fraction of sp³-hybridized carbons (Fsp3) is 0.923. The summed E-state index contributed by atoms with van der Waals surface area (Å²) in [7, 11) is 0. The maximum Gasteiger partial charge on any atom is 0.220 e. The average Bonchev–Trinajstić information content (AvgIpc) is 2.33. The predicted molar refractivity (Wildman–Crippen MR) is 78.3 cm³/mol. The first-order valence-corrected chi connectivity index (χ1v) is 6.88. The standard InChI is InChI=1S/C13H27N3O.ClH/c1-12(2)4-5-13(17)15-6-3-9-16-10-7-14-8-11-16;/h12,14H,3-11H2,1-2H3,(H,15,17);1H. The van der Waals surface area contributed by atoms with E-state index in [1.54, 1.807) is 0 Å². The quantitative estimate of drug-likeness (QED) is 0.689. The van der Waals surface area contributed by atoms with Gasteiger partial charge in [0.1, 0.15) is 0 Å². The average molecular weight is 278 g/mol. The van der Waals surface area contributed by atoms with Crippen LogP contribution in [-0.4, -0.2) is 50.1 Å². The molecule has 0 spiro atoms. The van der Waals surface area contributed by atoms with Crippen LogP contribution in [0.4, 0.5) is 0 Å². The highest BCUT2D eigenvalue weighted by Gasteiger charge is 2.08. The van der Waals surface area contributed by atoms with Gasteiger partial charge in [-0.2, -0.15) is 0 Å². The first-order chi connectivity index (χ1) is 8.18. The molecule has 0 aromatic rings. The van der Waals surface area contributed by atoms with Crippen molar-refractivity contribution in [1.29, 1.82) is 0 Å². The van der Waals surface area contributed by atoms with Crippen molar-refractivity contribution >= 4 is 18.3 Å². The van der Waals surface area contributed by atoms with E-state index in [-0.39, 0.29) is 18.3 Å². The van der Waals surface area contributed by atoms with E-state index in [1.165, 1.54) is 0 Å². The van der Waals surface area contributed by atoms with Crippen LogP contribution in [-0.2, 0) is 4.79 Å². The van der Waals surface area contributed by atoms with Gasteiger partial charge in [-0.15, -0.1) is 12.4 Å². The number of piperazine rings is 1. The molecule has 1 fully saturated rings. The van der Waals surface area contributed by atoms with Gasteiger partial charge in [0, 0.05) is 39.1 Å². The third kappa shape index (κ3) is 8.72. The molecular weight excluding hydrogens is 250 g/mol. The Bertz CT molecular complexity index is 218. The summed E-state index contributed by atoms with van der Waals surface area (Å²) in [5.74, 6) is 0.820. The van der Waals surface area contributed by atoms with Crippen molar-refractivity contribution in [2.24, 2.45) is 5.92 Å². The second-order valence-electron chi connectivity index (χ2n) is 5.23. The number of nitrogens with zero attached hydrogens (tertiary/aromatic N) is 1. The van der Waals surface area contributed by atoms with E-state index in [0.29, 0.717) is 12.3 Å². The molecule has 0 aromatic heterocycles. The van der Waals surface area contributed by atoms with Gasteiger partial charge in [0.05, 0.1) is 0 Å². The number of hydrogen-bond acceptors (Lipinski definition) is 3. The highest BCUT2D eigenvalue weighted by Crippen LogP contribution is 2.02. The summed E-state index contributed by atoms with van der Waals surface area (Å²) in [6.07, 6.45) is 2.72. The lowest BCUT2D eigenvalue weighted by molar-refractivity contribution is -0.121. The number of halogens is 1. The van der Waals surface area contributed by atoms with Crippen LogP contribution in [0.5, 0.6) is 0 Å². The zero-order valence-corrected chi connectivity index (χ0v) is 12.5. The third-order valence-corrected chi connectivity index (χ3v) is 3.13. The second kappa shape index (κ2) is 10.6. The van der Waals surface area contributed by atoms with Gasteiger partial charge in [0.2, 0.25) is 5.91 Å². The minimum absolute atomic E-state index is 0. The summed E-state index contributed by atoms with van der Waals surface area (Å²) in [5, 5.41) is 6.34. The van der Waals surface area contributed by atoms with Crippen LogP contribution in [0.3, 0.4) is 0 Å². The van der Waals surface area contributed by atoms with Gasteiger partial charge in [-0.05, 0) is 25.3 Å². The summed E-state index contributed by atoms with van der Waals surface area (Å²) < 4.78 is 0. The Morgan fingerprint density at radius 2 is 2.00 bits per heavy atom. The van der Waals surface area contributed by atoms with Crippen LogP contribution in [0.2, 0.25) is 0 Å². The van der Waals surface area contributed by atoms with E-state index >= 15 is 0 Å². The van der Waals surface area contributed by atoms with Crippen LogP contribution in [0.15, 0.2) is 0 Å². The van der Waals surface area contributed by atoms with E-state index in [1.807, 2.05) is 0 Å². The number of hydrogen-bond donors (Lipinski definition) is 2. The largest absolute Gasteiger partial charge is 0.356 e. The van der Waals surface area contributed by atoms with Crippen molar-refractivity contribution in [1.82, 2.24) is 15.5 Å². The lowest BCUT2D eigenvalue weighted by Crippen LogP contribution is -2.44. The van der Waals surface area contributed by atoms with Crippen LogP contribution in [0, 0.1) is 5.92 Å². The monoisotopic (exact) mass is 277 g/mol. The van der Waals surface area contributed by atoms with Gasteiger partial charge in [-0.3, -0.25) is 4.79 Å². The number of carbonyl (C=O) groups is 1. The molecule has 108 valence electrons. The van der Waals surface area contributed by atoms with E-state index in [4.69, 9.17) is 0 Å². The summed E-state index contributed by atoms with van der Waals surface area (Å²) >= 11 is 0. The molecule has 0 atom stereocenters. The highest BCUT2D eigenvalue weighted by atomic mass is 35.5. The molecule has 0 aromatic carbocycles. The van der Waals surface area contributed by atoms with Crippen LogP contribution in [0.25, 0.3) is 0 Å². The number of amides is 1. The first-order valence-electron chi connectivity index (χ1n) is 6.88. The summed E-state index contributed by atoms with van der Waals surface area (Å²) in [4.78, 5) is 13.9. The fourth-order valence-electron chi connectivity index (χ4n) is 1.97. The van der Waals surface area contributed by atoms with Crippen LogP contribution >= 0.6 is 12.4 Å². The normalized spacial score (nSPS) is 16.4. The molecule has 5 heteroatoms. The van der Waals surface area contributed by atoms with Gasteiger partial charge < -0.3 is 15.5 Å². The second-order valence-corrected chi connectivity index (χ2v) is 5.23. The maximum absolute atomic E-state index is 11.5. The minimum Gasteiger partial charge on any atom is -0.356 e. The number of carbonyl (C=O) groups excluding carboxylic acids is 1. The van der Waals surface area contributed by atoms with E-state index in [9.17, 15) is 4.79 Å². The molecule has 1 aliphatic rings. The smallest absolute Gasteiger partial charge is 0.220 e. The molecule has 1 amide bonds. The van der Waals surface area contributed by atoms with E-state index in [0.717, 1.165) is 52.1 Å². The maximum atomic E-state index is 11.5. The first kappa shape index (κ1) is 17.7. The molecule has 18 heavy (non-hydrogen) atoms. The molecule has 0 unspecified atom stereocenters. The van der Waals surface area contributed by atoms with Crippen LogP contribution < -0.4 is 10.6 Å². The molecule has 1 saturated heterocycles. The number of nitrogens with one attached hydrogen (secondary N) is 2. The summed E-state index contributed by atoms with van der Waals surface area (Å²) in [6, 6.07) is 0. The van der Waals surface area contributed by atoms with Gasteiger partial charge in [0.15, 0.2) is 0 Å². The van der Waals surface area contributed by atoms with Crippen molar-refractivity contribution in [2.45, 2.75) is 33.1 Å². The Balaban J connectivity index is 0.00000289. The zero-order valence-electron chi connectivity index (χ0n) is 11.7. The van der Waals surface area contributed by atoms with Crippen molar-refractivity contribution in [2.75, 3.05) is 39.3 Å². The Morgan fingerprint density at radius 1 is 1.33 bits per heavy atom. The lowest BCUT2D eigenvalue weighted by Gasteiger charge is -2.27. The molecule has 0 bridgehead atoms. The summed E-state index contributed by atoms with van der Waals surface area (Å²) in [6.45, 7) is 10.7.